The molecule has 1 aromatic rings. The fourth-order valence-electron chi connectivity index (χ4n) is 1.17. The minimum atomic E-state index is -1.04. The van der Waals surface area contributed by atoms with E-state index in [1.54, 1.807) is 6.07 Å². The maximum Gasteiger partial charge on any atom is 0.323 e. The number of carboxylic acid groups (broad SMARTS) is 1. The Morgan fingerprint density at radius 3 is 2.69 bits per heavy atom. The van der Waals surface area contributed by atoms with Gasteiger partial charge in [-0.15, -0.1) is 12.4 Å². The summed E-state index contributed by atoms with van der Waals surface area (Å²) in [4.78, 5) is 11.7. The molecule has 0 amide bonds. The van der Waals surface area contributed by atoms with Crippen molar-refractivity contribution in [3.63, 3.8) is 0 Å². The predicted molar refractivity (Wildman–Crippen MR) is 59.3 cm³/mol. The molecule has 0 spiro atoms. The third kappa shape index (κ3) is 3.41. The van der Waals surface area contributed by atoms with Crippen molar-refractivity contribution in [3.8, 4) is 6.07 Å². The van der Waals surface area contributed by atoms with Crippen molar-refractivity contribution < 1.29 is 14.3 Å². The molecule has 0 aliphatic carbocycles. The van der Waals surface area contributed by atoms with Crippen molar-refractivity contribution in [2.24, 2.45) is 0 Å². The van der Waals surface area contributed by atoms with Gasteiger partial charge >= 0.3 is 5.97 Å². The summed E-state index contributed by atoms with van der Waals surface area (Å²) < 4.78 is 13.4. The van der Waals surface area contributed by atoms with Crippen LogP contribution in [0.5, 0.6) is 0 Å². The summed E-state index contributed by atoms with van der Waals surface area (Å²) in [5, 5.41) is 17.0. The fourth-order valence-corrected chi connectivity index (χ4v) is 1.17. The van der Waals surface area contributed by atoms with E-state index in [4.69, 9.17) is 10.4 Å². The summed E-state index contributed by atoms with van der Waals surface area (Å²) in [5.74, 6) is -1.64. The topological polar surface area (TPSA) is 64.3 Å². The summed E-state index contributed by atoms with van der Waals surface area (Å²) in [6.45, 7) is -0.289. The Labute approximate surface area is 98.3 Å². The number of nitriles is 1. The van der Waals surface area contributed by atoms with E-state index in [9.17, 15) is 9.18 Å². The van der Waals surface area contributed by atoms with Gasteiger partial charge in [0, 0.05) is 7.05 Å². The molecule has 0 aliphatic rings. The third-order valence-corrected chi connectivity index (χ3v) is 1.86. The van der Waals surface area contributed by atoms with Crippen LogP contribution in [0.3, 0.4) is 0 Å². The molecule has 0 aromatic heterocycles. The van der Waals surface area contributed by atoms with Gasteiger partial charge in [-0.25, -0.2) is 4.39 Å². The quantitative estimate of drug-likeness (QED) is 0.878. The number of carbonyl (C=O) groups is 1. The van der Waals surface area contributed by atoms with Gasteiger partial charge in [0.25, 0.3) is 0 Å². The molecule has 0 aliphatic heterocycles. The van der Waals surface area contributed by atoms with E-state index in [0.717, 1.165) is 6.07 Å². The second-order valence-corrected chi connectivity index (χ2v) is 3.03. The van der Waals surface area contributed by atoms with Crippen LogP contribution in [0.1, 0.15) is 5.56 Å². The Bertz CT molecular complexity index is 431. The second kappa shape index (κ2) is 5.93. The van der Waals surface area contributed by atoms with Crippen molar-refractivity contribution >= 4 is 24.1 Å². The lowest BCUT2D eigenvalue weighted by atomic mass is 10.2. The number of likely N-dealkylation sites (N-methyl/N-ethyl adjacent to an activating group) is 1. The van der Waals surface area contributed by atoms with Crippen molar-refractivity contribution in [2.45, 2.75) is 0 Å². The number of aliphatic carboxylic acids is 1. The van der Waals surface area contributed by atoms with Gasteiger partial charge < -0.3 is 10.0 Å². The molecule has 0 radical (unpaired) electrons. The molecule has 0 heterocycles. The first kappa shape index (κ1) is 14.2. The first-order valence-corrected chi connectivity index (χ1v) is 4.17. The van der Waals surface area contributed by atoms with Gasteiger partial charge in [0.05, 0.1) is 17.3 Å². The molecule has 0 bridgehead atoms. The van der Waals surface area contributed by atoms with Gasteiger partial charge in [-0.05, 0) is 18.2 Å². The summed E-state index contributed by atoms with van der Waals surface area (Å²) in [6, 6.07) is 5.70. The van der Waals surface area contributed by atoms with Crippen molar-refractivity contribution in [1.29, 1.82) is 5.26 Å². The minimum absolute atomic E-state index is 0. The molecule has 0 unspecified atom stereocenters. The summed E-state index contributed by atoms with van der Waals surface area (Å²) in [5.41, 5.74) is 0.372. The van der Waals surface area contributed by atoms with Gasteiger partial charge in [0.1, 0.15) is 12.4 Å². The zero-order valence-corrected chi connectivity index (χ0v) is 9.29. The highest BCUT2D eigenvalue weighted by molar-refractivity contribution is 5.85. The highest BCUT2D eigenvalue weighted by Crippen LogP contribution is 2.18. The molecule has 0 saturated carbocycles. The molecule has 1 N–H and O–H groups in total. The van der Waals surface area contributed by atoms with Crippen LogP contribution in [0.25, 0.3) is 0 Å². The monoisotopic (exact) mass is 244 g/mol. The molecule has 6 heteroatoms. The average molecular weight is 245 g/mol. The van der Waals surface area contributed by atoms with Crippen LogP contribution in [-0.4, -0.2) is 24.7 Å². The lowest BCUT2D eigenvalue weighted by Crippen LogP contribution is -2.25. The lowest BCUT2D eigenvalue weighted by Gasteiger charge is -2.17. The number of anilines is 1. The van der Waals surface area contributed by atoms with Crippen LogP contribution in [0, 0.1) is 17.1 Å². The van der Waals surface area contributed by atoms with E-state index in [0.29, 0.717) is 0 Å². The van der Waals surface area contributed by atoms with Crippen LogP contribution >= 0.6 is 12.4 Å². The largest absolute Gasteiger partial charge is 0.480 e. The summed E-state index contributed by atoms with van der Waals surface area (Å²) >= 11 is 0. The Morgan fingerprint density at radius 1 is 1.62 bits per heavy atom. The molecule has 16 heavy (non-hydrogen) atoms. The van der Waals surface area contributed by atoms with Crippen LogP contribution < -0.4 is 4.90 Å². The van der Waals surface area contributed by atoms with E-state index < -0.39 is 11.8 Å². The zero-order chi connectivity index (χ0) is 11.4. The van der Waals surface area contributed by atoms with E-state index in [2.05, 4.69) is 0 Å². The number of hydrogen-bond donors (Lipinski definition) is 1. The molecule has 86 valence electrons. The van der Waals surface area contributed by atoms with Gasteiger partial charge in [-0.1, -0.05) is 0 Å². The maximum absolute atomic E-state index is 13.4. The number of halogens is 2. The van der Waals surface area contributed by atoms with Crippen LogP contribution in [-0.2, 0) is 4.79 Å². The first-order valence-electron chi connectivity index (χ1n) is 4.17. The van der Waals surface area contributed by atoms with Crippen LogP contribution in [0.2, 0.25) is 0 Å². The summed E-state index contributed by atoms with van der Waals surface area (Å²) in [7, 11) is 1.47. The van der Waals surface area contributed by atoms with Gasteiger partial charge in [0.2, 0.25) is 0 Å². The van der Waals surface area contributed by atoms with Crippen molar-refractivity contribution in [3.05, 3.63) is 29.6 Å². The normalized spacial score (nSPS) is 8.81. The molecular formula is C10H10ClFN2O2. The van der Waals surface area contributed by atoms with Gasteiger partial charge in [-0.2, -0.15) is 5.26 Å². The minimum Gasteiger partial charge on any atom is -0.480 e. The van der Waals surface area contributed by atoms with Gasteiger partial charge in [-0.3, -0.25) is 4.79 Å². The highest BCUT2D eigenvalue weighted by atomic mass is 35.5. The highest BCUT2D eigenvalue weighted by Gasteiger charge is 2.10. The molecule has 0 atom stereocenters. The molecule has 4 nitrogen and oxygen atoms in total. The van der Waals surface area contributed by atoms with E-state index in [1.807, 2.05) is 0 Å². The second-order valence-electron chi connectivity index (χ2n) is 3.03. The zero-order valence-electron chi connectivity index (χ0n) is 8.48. The van der Waals surface area contributed by atoms with Crippen molar-refractivity contribution in [1.82, 2.24) is 0 Å². The van der Waals surface area contributed by atoms with Crippen LogP contribution in [0.15, 0.2) is 18.2 Å². The molecule has 0 fully saturated rings. The Kier molecular flexibility index (Phi) is 5.26. The first-order chi connectivity index (χ1) is 7.04. The average Bonchev–Trinajstić information content (AvgIpc) is 2.16. The smallest absolute Gasteiger partial charge is 0.323 e. The number of rotatable bonds is 3. The van der Waals surface area contributed by atoms with E-state index in [1.165, 1.54) is 24.1 Å². The lowest BCUT2D eigenvalue weighted by molar-refractivity contribution is -0.135. The summed E-state index contributed by atoms with van der Waals surface area (Å²) in [6.07, 6.45) is 0. The Hall–Kier alpha value is -1.80. The Morgan fingerprint density at radius 2 is 2.25 bits per heavy atom. The maximum atomic E-state index is 13.4. The SMILES string of the molecule is CN(CC(=O)O)c1ccc(C#N)cc1F.Cl. The molecular weight excluding hydrogens is 235 g/mol. The molecule has 0 saturated heterocycles. The van der Waals surface area contributed by atoms with E-state index >= 15 is 0 Å². The molecule has 1 aromatic carbocycles. The van der Waals surface area contributed by atoms with E-state index in [-0.39, 0.29) is 30.2 Å². The fraction of sp³-hybridized carbons (Fsp3) is 0.200. The standard InChI is InChI=1S/C10H9FN2O2.ClH/c1-13(6-10(14)15)9-3-2-7(5-12)4-8(9)11;/h2-4H,6H2,1H3,(H,14,15);1H. The third-order valence-electron chi connectivity index (χ3n) is 1.86. The number of nitrogens with zero attached hydrogens (tertiary/aromatic N) is 2. The number of hydrogen-bond acceptors (Lipinski definition) is 3. The Balaban J connectivity index is 0.00000225. The molecule has 1 rings (SSSR count). The number of carboxylic acids is 1. The van der Waals surface area contributed by atoms with Crippen LogP contribution in [0.4, 0.5) is 10.1 Å². The number of benzene rings is 1. The van der Waals surface area contributed by atoms with Crippen molar-refractivity contribution in [2.75, 3.05) is 18.5 Å². The van der Waals surface area contributed by atoms with Gasteiger partial charge in [0.15, 0.2) is 0 Å². The predicted octanol–water partition coefficient (Wildman–Crippen LogP) is 1.64.